The Labute approximate surface area is 238 Å². The van der Waals surface area contributed by atoms with Gasteiger partial charge in [0.25, 0.3) is 0 Å². The Hall–Kier alpha value is 0.177. The van der Waals surface area contributed by atoms with Crippen LogP contribution in [0.2, 0.25) is 24.2 Å². The maximum Gasteiger partial charge on any atom is 0.0782 e. The van der Waals surface area contributed by atoms with Gasteiger partial charge in [0.1, 0.15) is 0 Å². The second kappa shape index (κ2) is 26.4. The Kier molecular flexibility index (Phi) is 26.5. The fourth-order valence-corrected chi connectivity index (χ4v) is 12.0. The Morgan fingerprint density at radius 1 is 0.324 bits per heavy atom. The summed E-state index contributed by atoms with van der Waals surface area (Å²) in [5.41, 5.74) is 0. The molecular formula is C35H76NSi+. The standard InChI is InChI=1S/C35H76NSi/c1-7-11-15-19-20-21-22-23-24-25-30-36(5,6)31-29-35-37(32-26-16-12-8-2,33-27-17-13-9-3)34-28-18-14-10-4/h7-35H2,1-6H3/q+1. The highest BCUT2D eigenvalue weighted by molar-refractivity contribution is 6.79. The lowest BCUT2D eigenvalue weighted by Gasteiger charge is -2.35. The predicted molar refractivity (Wildman–Crippen MR) is 176 cm³/mol. The molecule has 0 bridgehead atoms. The molecule has 0 N–H and O–H groups in total. The van der Waals surface area contributed by atoms with E-state index in [2.05, 4.69) is 41.8 Å². The zero-order valence-electron chi connectivity index (χ0n) is 27.5. The summed E-state index contributed by atoms with van der Waals surface area (Å²) in [5, 5.41) is 0. The van der Waals surface area contributed by atoms with Gasteiger partial charge in [0.2, 0.25) is 0 Å². The molecule has 0 amide bonds. The Morgan fingerprint density at radius 3 is 0.973 bits per heavy atom. The molecule has 0 aromatic carbocycles. The quantitative estimate of drug-likeness (QED) is 0.0484. The average Bonchev–Trinajstić information content (AvgIpc) is 2.88. The van der Waals surface area contributed by atoms with Crippen molar-refractivity contribution in [3.63, 3.8) is 0 Å². The molecule has 1 nitrogen and oxygen atoms in total. The lowest BCUT2D eigenvalue weighted by atomic mass is 10.1. The average molecular weight is 539 g/mol. The Bertz CT molecular complexity index is 415. The molecule has 0 fully saturated rings. The Balaban J connectivity index is 4.58. The smallest absolute Gasteiger partial charge is 0.0782 e. The molecule has 0 saturated carbocycles. The first kappa shape index (κ1) is 37.2. The minimum atomic E-state index is -1.12. The molecule has 0 rings (SSSR count). The van der Waals surface area contributed by atoms with E-state index < -0.39 is 8.07 Å². The summed E-state index contributed by atoms with van der Waals surface area (Å²) in [7, 11) is 3.94. The third-order valence-electron chi connectivity index (χ3n) is 9.27. The van der Waals surface area contributed by atoms with Crippen molar-refractivity contribution in [3.8, 4) is 0 Å². The minimum Gasteiger partial charge on any atom is -0.328 e. The van der Waals surface area contributed by atoms with Gasteiger partial charge in [-0.1, -0.05) is 180 Å². The molecule has 0 aliphatic heterocycles. The summed E-state index contributed by atoms with van der Waals surface area (Å²) in [6.45, 7) is 12.2. The van der Waals surface area contributed by atoms with Crippen molar-refractivity contribution < 1.29 is 4.48 Å². The van der Waals surface area contributed by atoms with Crippen LogP contribution in [0.25, 0.3) is 0 Å². The van der Waals surface area contributed by atoms with Crippen molar-refractivity contribution in [3.05, 3.63) is 0 Å². The van der Waals surface area contributed by atoms with Crippen LogP contribution in [-0.2, 0) is 0 Å². The molecule has 0 aliphatic rings. The van der Waals surface area contributed by atoms with E-state index in [-0.39, 0.29) is 0 Å². The molecule has 2 heteroatoms. The third kappa shape index (κ3) is 23.8. The predicted octanol–water partition coefficient (Wildman–Crippen LogP) is 12.6. The van der Waals surface area contributed by atoms with Gasteiger partial charge in [-0.15, -0.1) is 0 Å². The highest BCUT2D eigenvalue weighted by Crippen LogP contribution is 2.34. The molecule has 0 aliphatic carbocycles. The van der Waals surface area contributed by atoms with Gasteiger partial charge in [0, 0.05) is 0 Å². The van der Waals surface area contributed by atoms with Gasteiger partial charge in [-0.2, -0.15) is 0 Å². The van der Waals surface area contributed by atoms with Crippen LogP contribution in [0.4, 0.5) is 0 Å². The maximum absolute atomic E-state index is 2.53. The highest BCUT2D eigenvalue weighted by atomic mass is 28.3. The molecule has 0 spiro atoms. The molecule has 224 valence electrons. The number of nitrogens with zero attached hydrogens (tertiary/aromatic N) is 1. The van der Waals surface area contributed by atoms with E-state index in [1.54, 1.807) is 43.4 Å². The fraction of sp³-hybridized carbons (Fsp3) is 1.00. The molecule has 0 radical (unpaired) electrons. The van der Waals surface area contributed by atoms with Gasteiger partial charge < -0.3 is 4.48 Å². The summed E-state index contributed by atoms with van der Waals surface area (Å²) in [6, 6.07) is 6.59. The van der Waals surface area contributed by atoms with E-state index in [1.165, 1.54) is 146 Å². The number of unbranched alkanes of at least 4 members (excludes halogenated alkanes) is 18. The van der Waals surface area contributed by atoms with Gasteiger partial charge in [-0.3, -0.25) is 0 Å². The van der Waals surface area contributed by atoms with Crippen molar-refractivity contribution in [1.29, 1.82) is 0 Å². The van der Waals surface area contributed by atoms with Gasteiger partial charge >= 0.3 is 0 Å². The van der Waals surface area contributed by atoms with Gasteiger partial charge in [0.15, 0.2) is 0 Å². The second-order valence-corrected chi connectivity index (χ2v) is 18.6. The maximum atomic E-state index is 2.53. The van der Waals surface area contributed by atoms with Crippen LogP contribution in [0.15, 0.2) is 0 Å². The first-order valence-corrected chi connectivity index (χ1v) is 20.6. The first-order valence-electron chi connectivity index (χ1n) is 17.8. The van der Waals surface area contributed by atoms with E-state index in [0.717, 1.165) is 0 Å². The van der Waals surface area contributed by atoms with Crippen LogP contribution in [0.3, 0.4) is 0 Å². The zero-order valence-corrected chi connectivity index (χ0v) is 28.5. The molecule has 0 aromatic rings. The zero-order chi connectivity index (χ0) is 27.5. The number of hydrogen-bond donors (Lipinski definition) is 0. The molecule has 0 unspecified atom stereocenters. The largest absolute Gasteiger partial charge is 0.328 e. The molecule has 0 aromatic heterocycles. The SMILES string of the molecule is CCCCCCCCCCCC[N+](C)(C)CCC[Si](CCCCCC)(CCCCCC)CCCCCC. The Morgan fingerprint density at radius 2 is 0.595 bits per heavy atom. The van der Waals surface area contributed by atoms with Gasteiger partial charge in [-0.25, -0.2) is 0 Å². The van der Waals surface area contributed by atoms with E-state index in [0.29, 0.717) is 0 Å². The van der Waals surface area contributed by atoms with Crippen molar-refractivity contribution in [1.82, 2.24) is 0 Å². The summed E-state index contributed by atoms with van der Waals surface area (Å²) in [4.78, 5) is 0. The number of rotatable bonds is 30. The molecular weight excluding hydrogens is 462 g/mol. The summed E-state index contributed by atoms with van der Waals surface area (Å²) < 4.78 is 1.27. The van der Waals surface area contributed by atoms with E-state index in [1.807, 2.05) is 0 Å². The second-order valence-electron chi connectivity index (χ2n) is 13.6. The summed E-state index contributed by atoms with van der Waals surface area (Å²) in [6.07, 6.45) is 33.7. The third-order valence-corrected chi connectivity index (χ3v) is 14.9. The van der Waals surface area contributed by atoms with Gasteiger partial charge in [-0.05, 0) is 19.3 Å². The monoisotopic (exact) mass is 539 g/mol. The normalized spacial score (nSPS) is 12.5. The topological polar surface area (TPSA) is 0 Å². The van der Waals surface area contributed by atoms with Crippen molar-refractivity contribution in [2.75, 3.05) is 27.2 Å². The summed E-state index contributed by atoms with van der Waals surface area (Å²) in [5.74, 6) is 0. The van der Waals surface area contributed by atoms with E-state index in [9.17, 15) is 0 Å². The van der Waals surface area contributed by atoms with Crippen LogP contribution in [0.5, 0.6) is 0 Å². The van der Waals surface area contributed by atoms with Crippen molar-refractivity contribution in [2.24, 2.45) is 0 Å². The lowest BCUT2D eigenvalue weighted by molar-refractivity contribution is -0.890. The van der Waals surface area contributed by atoms with Gasteiger partial charge in [0.05, 0.1) is 35.3 Å². The van der Waals surface area contributed by atoms with Crippen LogP contribution < -0.4 is 0 Å². The fourth-order valence-electron chi connectivity index (χ4n) is 6.55. The van der Waals surface area contributed by atoms with Crippen LogP contribution in [0, 0.1) is 0 Å². The first-order chi connectivity index (χ1) is 17.9. The van der Waals surface area contributed by atoms with Crippen LogP contribution >= 0.6 is 0 Å². The number of hydrogen-bond acceptors (Lipinski definition) is 0. The summed E-state index contributed by atoms with van der Waals surface area (Å²) >= 11 is 0. The molecule has 0 heterocycles. The minimum absolute atomic E-state index is 1.12. The van der Waals surface area contributed by atoms with Crippen LogP contribution in [0.1, 0.15) is 175 Å². The highest BCUT2D eigenvalue weighted by Gasteiger charge is 2.31. The number of quaternary nitrogens is 1. The van der Waals surface area contributed by atoms with E-state index in [4.69, 9.17) is 0 Å². The van der Waals surface area contributed by atoms with Crippen molar-refractivity contribution >= 4 is 8.07 Å². The van der Waals surface area contributed by atoms with Crippen LogP contribution in [-0.4, -0.2) is 39.7 Å². The van der Waals surface area contributed by atoms with E-state index >= 15 is 0 Å². The molecule has 0 saturated heterocycles. The molecule has 37 heavy (non-hydrogen) atoms. The molecule has 0 atom stereocenters. The van der Waals surface area contributed by atoms with Crippen molar-refractivity contribution in [2.45, 2.75) is 200 Å². The lowest BCUT2D eigenvalue weighted by Crippen LogP contribution is -2.43.